The van der Waals surface area contributed by atoms with E-state index in [9.17, 15) is 19.5 Å². The van der Waals surface area contributed by atoms with Crippen molar-refractivity contribution in [1.82, 2.24) is 10.2 Å². The first-order chi connectivity index (χ1) is 11.1. The lowest BCUT2D eigenvalue weighted by molar-refractivity contribution is -0.142. The third-order valence-corrected chi connectivity index (χ3v) is 4.80. The summed E-state index contributed by atoms with van der Waals surface area (Å²) in [6, 6.07) is 7.72. The summed E-state index contributed by atoms with van der Waals surface area (Å²) in [7, 11) is 0. The van der Waals surface area contributed by atoms with Gasteiger partial charge in [-0.2, -0.15) is 0 Å². The molecule has 7 heteroatoms. The minimum atomic E-state index is -0.833. The number of benzene rings is 1. The van der Waals surface area contributed by atoms with Crippen LogP contribution in [0.4, 0.5) is 0 Å². The van der Waals surface area contributed by atoms with Gasteiger partial charge >= 0.3 is 0 Å². The van der Waals surface area contributed by atoms with E-state index in [1.807, 2.05) is 29.6 Å². The SMILES string of the molecule is O=C(CN1C(=O)CCC1=O)NCC(O)c1csc2ccccc12. The van der Waals surface area contributed by atoms with Crippen LogP contribution in [-0.4, -0.2) is 40.8 Å². The van der Waals surface area contributed by atoms with E-state index in [1.54, 1.807) is 0 Å². The van der Waals surface area contributed by atoms with Crippen LogP contribution in [0.1, 0.15) is 24.5 Å². The van der Waals surface area contributed by atoms with Crippen LogP contribution in [0.3, 0.4) is 0 Å². The maximum Gasteiger partial charge on any atom is 0.240 e. The lowest BCUT2D eigenvalue weighted by Crippen LogP contribution is -2.41. The number of imide groups is 1. The molecule has 2 N–H and O–H groups in total. The number of fused-ring (bicyclic) bond motifs is 1. The van der Waals surface area contributed by atoms with Crippen molar-refractivity contribution in [1.29, 1.82) is 0 Å². The zero-order valence-corrected chi connectivity index (χ0v) is 13.1. The molecule has 120 valence electrons. The number of rotatable bonds is 5. The predicted octanol–water partition coefficient (Wildman–Crippen LogP) is 1.20. The number of nitrogens with one attached hydrogen (secondary N) is 1. The molecule has 3 amide bonds. The summed E-state index contributed by atoms with van der Waals surface area (Å²) in [6.45, 7) is -0.245. The third kappa shape index (κ3) is 3.25. The second-order valence-electron chi connectivity index (χ2n) is 5.38. The quantitative estimate of drug-likeness (QED) is 0.806. The molecule has 0 radical (unpaired) electrons. The molecule has 0 spiro atoms. The van der Waals surface area contributed by atoms with Gasteiger partial charge in [0, 0.05) is 29.6 Å². The van der Waals surface area contributed by atoms with Gasteiger partial charge in [0.25, 0.3) is 0 Å². The van der Waals surface area contributed by atoms with Crippen LogP contribution in [0.25, 0.3) is 10.1 Å². The van der Waals surface area contributed by atoms with Crippen molar-refractivity contribution >= 4 is 39.1 Å². The third-order valence-electron chi connectivity index (χ3n) is 3.82. The summed E-state index contributed by atoms with van der Waals surface area (Å²) in [5, 5.41) is 15.7. The zero-order chi connectivity index (χ0) is 16.4. The first-order valence-electron chi connectivity index (χ1n) is 7.30. The molecule has 1 aliphatic heterocycles. The fourth-order valence-electron chi connectivity index (χ4n) is 2.58. The van der Waals surface area contributed by atoms with Crippen LogP contribution in [0, 0.1) is 0 Å². The van der Waals surface area contributed by atoms with E-state index in [0.29, 0.717) is 0 Å². The van der Waals surface area contributed by atoms with E-state index < -0.39 is 12.0 Å². The van der Waals surface area contributed by atoms with Crippen molar-refractivity contribution in [2.24, 2.45) is 0 Å². The monoisotopic (exact) mass is 332 g/mol. The largest absolute Gasteiger partial charge is 0.387 e. The van der Waals surface area contributed by atoms with Gasteiger partial charge in [-0.3, -0.25) is 19.3 Å². The summed E-state index contributed by atoms with van der Waals surface area (Å²) in [5.74, 6) is -1.10. The summed E-state index contributed by atoms with van der Waals surface area (Å²) in [5.41, 5.74) is 0.763. The number of aliphatic hydroxyl groups is 1. The van der Waals surface area contributed by atoms with Crippen molar-refractivity contribution in [2.45, 2.75) is 18.9 Å². The van der Waals surface area contributed by atoms with Crippen molar-refractivity contribution in [3.63, 3.8) is 0 Å². The maximum absolute atomic E-state index is 11.9. The number of carbonyl (C=O) groups is 3. The highest BCUT2D eigenvalue weighted by Crippen LogP contribution is 2.29. The Bertz CT molecular complexity index is 754. The minimum Gasteiger partial charge on any atom is -0.387 e. The zero-order valence-electron chi connectivity index (χ0n) is 12.3. The molecule has 2 heterocycles. The molecule has 0 saturated carbocycles. The number of nitrogens with zero attached hydrogens (tertiary/aromatic N) is 1. The molecule has 1 aromatic carbocycles. The van der Waals surface area contributed by atoms with Gasteiger partial charge in [0.15, 0.2) is 0 Å². The minimum absolute atomic E-state index is 0.0375. The van der Waals surface area contributed by atoms with E-state index in [0.717, 1.165) is 20.5 Å². The van der Waals surface area contributed by atoms with Gasteiger partial charge in [-0.05, 0) is 16.8 Å². The lowest BCUT2D eigenvalue weighted by atomic mass is 10.1. The van der Waals surface area contributed by atoms with Gasteiger partial charge in [-0.1, -0.05) is 18.2 Å². The van der Waals surface area contributed by atoms with Gasteiger partial charge in [-0.15, -0.1) is 11.3 Å². The summed E-state index contributed by atoms with van der Waals surface area (Å²) in [4.78, 5) is 35.8. The average molecular weight is 332 g/mol. The predicted molar refractivity (Wildman–Crippen MR) is 85.7 cm³/mol. The van der Waals surface area contributed by atoms with Gasteiger partial charge in [0.1, 0.15) is 6.54 Å². The number of aliphatic hydroxyl groups excluding tert-OH is 1. The van der Waals surface area contributed by atoms with E-state index in [2.05, 4.69) is 5.32 Å². The van der Waals surface area contributed by atoms with Gasteiger partial charge in [0.05, 0.1) is 6.10 Å². The van der Waals surface area contributed by atoms with Crippen molar-refractivity contribution in [2.75, 3.05) is 13.1 Å². The Hall–Kier alpha value is -2.25. The second-order valence-corrected chi connectivity index (χ2v) is 6.29. The smallest absolute Gasteiger partial charge is 0.240 e. The Balaban J connectivity index is 1.58. The van der Waals surface area contributed by atoms with Crippen LogP contribution < -0.4 is 5.32 Å². The molecule has 1 saturated heterocycles. The molecule has 6 nitrogen and oxygen atoms in total. The fourth-order valence-corrected chi connectivity index (χ4v) is 3.58. The molecular weight excluding hydrogens is 316 g/mol. The van der Waals surface area contributed by atoms with Crippen LogP contribution in [-0.2, 0) is 14.4 Å². The van der Waals surface area contributed by atoms with Crippen molar-refractivity contribution in [3.05, 3.63) is 35.2 Å². The molecule has 23 heavy (non-hydrogen) atoms. The van der Waals surface area contributed by atoms with Crippen LogP contribution in [0.2, 0.25) is 0 Å². The van der Waals surface area contributed by atoms with Gasteiger partial charge in [0.2, 0.25) is 17.7 Å². The fraction of sp³-hybridized carbons (Fsp3) is 0.312. The molecule has 1 fully saturated rings. The highest BCUT2D eigenvalue weighted by Gasteiger charge is 2.30. The molecule has 0 aliphatic carbocycles. The Morgan fingerprint density at radius 3 is 2.70 bits per heavy atom. The maximum atomic E-state index is 11.9. The van der Waals surface area contributed by atoms with Crippen LogP contribution >= 0.6 is 11.3 Å². The molecule has 1 aromatic heterocycles. The van der Waals surface area contributed by atoms with Crippen LogP contribution in [0.5, 0.6) is 0 Å². The van der Waals surface area contributed by atoms with E-state index in [-0.39, 0.29) is 37.7 Å². The number of likely N-dealkylation sites (tertiary alicyclic amines) is 1. The normalized spacial score (nSPS) is 16.1. The van der Waals surface area contributed by atoms with Crippen LogP contribution in [0.15, 0.2) is 29.6 Å². The number of thiophene rings is 1. The number of carbonyl (C=O) groups excluding carboxylic acids is 3. The molecule has 3 rings (SSSR count). The Morgan fingerprint density at radius 1 is 1.26 bits per heavy atom. The first kappa shape index (κ1) is 15.6. The number of hydrogen-bond acceptors (Lipinski definition) is 5. The second kappa shape index (κ2) is 6.47. The molecular formula is C16H16N2O4S. The molecule has 1 unspecified atom stereocenters. The highest BCUT2D eigenvalue weighted by atomic mass is 32.1. The number of amides is 3. The standard InChI is InChI=1S/C16H16N2O4S/c19-12(11-9-23-13-4-2-1-3-10(11)13)7-17-14(20)8-18-15(21)5-6-16(18)22/h1-4,9,12,19H,5-8H2,(H,17,20). The Labute approximate surface area is 136 Å². The average Bonchev–Trinajstić information content (AvgIpc) is 3.11. The lowest BCUT2D eigenvalue weighted by Gasteiger charge is -2.15. The topological polar surface area (TPSA) is 86.7 Å². The molecule has 0 bridgehead atoms. The van der Waals surface area contributed by atoms with Crippen molar-refractivity contribution in [3.8, 4) is 0 Å². The Morgan fingerprint density at radius 2 is 1.96 bits per heavy atom. The molecule has 2 aromatic rings. The van der Waals surface area contributed by atoms with E-state index >= 15 is 0 Å². The van der Waals surface area contributed by atoms with Gasteiger partial charge < -0.3 is 10.4 Å². The van der Waals surface area contributed by atoms with E-state index in [1.165, 1.54) is 11.3 Å². The van der Waals surface area contributed by atoms with E-state index in [4.69, 9.17) is 0 Å². The summed E-state index contributed by atoms with van der Waals surface area (Å²) < 4.78 is 1.07. The first-order valence-corrected chi connectivity index (χ1v) is 8.18. The molecule has 1 atom stereocenters. The van der Waals surface area contributed by atoms with Gasteiger partial charge in [-0.25, -0.2) is 0 Å². The van der Waals surface area contributed by atoms with Crippen molar-refractivity contribution < 1.29 is 19.5 Å². The summed E-state index contributed by atoms with van der Waals surface area (Å²) in [6.07, 6.45) is -0.509. The highest BCUT2D eigenvalue weighted by molar-refractivity contribution is 7.17. The number of hydrogen-bond donors (Lipinski definition) is 2. The molecule has 1 aliphatic rings. The Kier molecular flexibility index (Phi) is 4.40. The summed E-state index contributed by atoms with van der Waals surface area (Å²) >= 11 is 1.53.